The Labute approximate surface area is 232 Å². The summed E-state index contributed by atoms with van der Waals surface area (Å²) in [6.07, 6.45) is 3.37. The lowest BCUT2D eigenvalue weighted by Crippen LogP contribution is -2.19. The summed E-state index contributed by atoms with van der Waals surface area (Å²) >= 11 is 6.79. The Morgan fingerprint density at radius 1 is 0.923 bits per heavy atom. The predicted octanol–water partition coefficient (Wildman–Crippen LogP) is 8.17. The number of nitrogens with zero attached hydrogens (tertiary/aromatic N) is 3. The molecule has 0 bridgehead atoms. The van der Waals surface area contributed by atoms with Gasteiger partial charge in [-0.3, -0.25) is 4.98 Å². The summed E-state index contributed by atoms with van der Waals surface area (Å²) in [7, 11) is 0. The van der Waals surface area contributed by atoms with Gasteiger partial charge in [0.15, 0.2) is 5.82 Å². The second kappa shape index (κ2) is 10.4. The summed E-state index contributed by atoms with van der Waals surface area (Å²) in [5.41, 5.74) is 6.35. The molecule has 2 heterocycles. The molecule has 7 heteroatoms. The summed E-state index contributed by atoms with van der Waals surface area (Å²) in [6, 6.07) is 18.8. The molecule has 2 N–H and O–H groups in total. The molecule has 1 atom stereocenters. The summed E-state index contributed by atoms with van der Waals surface area (Å²) in [4.78, 5) is 13.3. The van der Waals surface area contributed by atoms with Gasteiger partial charge >= 0.3 is 0 Å². The number of hydrogen-bond donors (Lipinski definition) is 2. The van der Waals surface area contributed by atoms with Crippen LogP contribution in [0.25, 0.3) is 33.2 Å². The van der Waals surface area contributed by atoms with Crippen LogP contribution in [0.4, 0.5) is 10.1 Å². The van der Waals surface area contributed by atoms with E-state index in [2.05, 4.69) is 20.3 Å². The van der Waals surface area contributed by atoms with E-state index in [1.54, 1.807) is 26.2 Å². The summed E-state index contributed by atoms with van der Waals surface area (Å²) in [5, 5.41) is 15.0. The van der Waals surface area contributed by atoms with Gasteiger partial charge in [-0.1, -0.05) is 48.0 Å². The number of rotatable bonds is 6. The number of hydrogen-bond acceptors (Lipinski definition) is 5. The van der Waals surface area contributed by atoms with Crippen molar-refractivity contribution in [2.24, 2.45) is 0 Å². The summed E-state index contributed by atoms with van der Waals surface area (Å²) in [5.74, 6) is 0.0572. The number of aryl methyl sites for hydroxylation is 2. The fraction of sp³-hybridized carbons (Fsp3) is 0.219. The third kappa shape index (κ3) is 5.35. The van der Waals surface area contributed by atoms with E-state index in [1.165, 1.54) is 6.07 Å². The van der Waals surface area contributed by atoms with Crippen LogP contribution in [-0.2, 0) is 5.60 Å². The predicted molar refractivity (Wildman–Crippen MR) is 156 cm³/mol. The molecule has 0 amide bonds. The van der Waals surface area contributed by atoms with Gasteiger partial charge in [-0.25, -0.2) is 14.4 Å². The zero-order valence-electron chi connectivity index (χ0n) is 22.6. The molecular weight excluding hydrogens is 511 g/mol. The SMILES string of the molecule is Cc1ccccc1-c1ccc(F)c([C@@H](C)Nc2c(Cl)c(C)nc3ccc(-c4cnc(C(C)(C)O)nc4)cc23)c1. The van der Waals surface area contributed by atoms with Crippen LogP contribution in [0.5, 0.6) is 0 Å². The van der Waals surface area contributed by atoms with Crippen molar-refractivity contribution in [1.29, 1.82) is 0 Å². The van der Waals surface area contributed by atoms with Crippen LogP contribution < -0.4 is 5.32 Å². The fourth-order valence-electron chi connectivity index (χ4n) is 4.71. The van der Waals surface area contributed by atoms with E-state index in [0.29, 0.717) is 27.8 Å². The van der Waals surface area contributed by atoms with Crippen LogP contribution in [-0.4, -0.2) is 20.1 Å². The third-order valence-corrected chi connectivity index (χ3v) is 7.37. The Balaban J connectivity index is 1.55. The van der Waals surface area contributed by atoms with E-state index < -0.39 is 5.60 Å². The molecule has 39 heavy (non-hydrogen) atoms. The highest BCUT2D eigenvalue weighted by atomic mass is 35.5. The molecule has 0 spiro atoms. The Hall–Kier alpha value is -3.87. The first-order valence-corrected chi connectivity index (χ1v) is 13.2. The van der Waals surface area contributed by atoms with Gasteiger partial charge in [0.2, 0.25) is 0 Å². The van der Waals surface area contributed by atoms with Crippen molar-refractivity contribution in [2.75, 3.05) is 5.32 Å². The maximum absolute atomic E-state index is 15.1. The van der Waals surface area contributed by atoms with E-state index in [-0.39, 0.29) is 11.9 Å². The largest absolute Gasteiger partial charge is 0.382 e. The van der Waals surface area contributed by atoms with Crippen LogP contribution in [0.1, 0.15) is 49.5 Å². The number of halogens is 2. The van der Waals surface area contributed by atoms with Crippen molar-refractivity contribution in [3.63, 3.8) is 0 Å². The minimum Gasteiger partial charge on any atom is -0.382 e. The van der Waals surface area contributed by atoms with E-state index in [4.69, 9.17) is 11.6 Å². The Bertz CT molecular complexity index is 1680. The van der Waals surface area contributed by atoms with Gasteiger partial charge in [-0.15, -0.1) is 0 Å². The molecule has 0 unspecified atom stereocenters. The van der Waals surface area contributed by atoms with Crippen LogP contribution >= 0.6 is 11.6 Å². The lowest BCUT2D eigenvalue weighted by Gasteiger charge is -2.21. The molecular formula is C32H30ClFN4O. The number of pyridine rings is 1. The second-order valence-corrected chi connectivity index (χ2v) is 10.8. The van der Waals surface area contributed by atoms with Crippen molar-refractivity contribution in [3.8, 4) is 22.3 Å². The summed E-state index contributed by atoms with van der Waals surface area (Å²) in [6.45, 7) is 9.12. The van der Waals surface area contributed by atoms with Crippen molar-refractivity contribution < 1.29 is 9.50 Å². The molecule has 0 saturated heterocycles. The zero-order chi connectivity index (χ0) is 27.9. The first kappa shape index (κ1) is 26.7. The number of fused-ring (bicyclic) bond motifs is 1. The van der Waals surface area contributed by atoms with Crippen molar-refractivity contribution >= 4 is 28.2 Å². The number of aromatic nitrogens is 3. The van der Waals surface area contributed by atoms with Gasteiger partial charge < -0.3 is 10.4 Å². The number of nitrogens with one attached hydrogen (secondary N) is 1. The molecule has 5 nitrogen and oxygen atoms in total. The van der Waals surface area contributed by atoms with E-state index in [9.17, 15) is 5.11 Å². The second-order valence-electron chi connectivity index (χ2n) is 10.4. The smallest absolute Gasteiger partial charge is 0.159 e. The Morgan fingerprint density at radius 2 is 1.62 bits per heavy atom. The van der Waals surface area contributed by atoms with E-state index in [1.807, 2.05) is 75.4 Å². The lowest BCUT2D eigenvalue weighted by atomic mass is 9.96. The molecule has 0 aliphatic rings. The van der Waals surface area contributed by atoms with Crippen LogP contribution in [0.3, 0.4) is 0 Å². The molecule has 0 saturated carbocycles. The van der Waals surface area contributed by atoms with Gasteiger partial charge in [0.05, 0.1) is 28.0 Å². The third-order valence-electron chi connectivity index (χ3n) is 6.90. The first-order chi connectivity index (χ1) is 18.5. The molecule has 0 radical (unpaired) electrons. The van der Waals surface area contributed by atoms with Gasteiger partial charge in [-0.2, -0.15) is 0 Å². The molecule has 198 valence electrons. The standard InChI is InChI=1S/C32H30ClFN4O/c1-18-8-6-7-9-24(18)22-10-12-27(34)25(15-22)19(2)38-30-26-14-21(11-13-28(26)37-20(3)29(30)33)23-16-35-31(36-17-23)32(4,5)39/h6-17,19,39H,1-5H3,(H,37,38)/t19-/m1/s1. The molecule has 0 aliphatic heterocycles. The van der Waals surface area contributed by atoms with E-state index >= 15 is 4.39 Å². The zero-order valence-corrected chi connectivity index (χ0v) is 23.3. The topological polar surface area (TPSA) is 70.9 Å². The van der Waals surface area contributed by atoms with Crippen molar-refractivity contribution in [3.05, 3.63) is 107 Å². The number of benzene rings is 3. The normalized spacial score (nSPS) is 12.5. The van der Waals surface area contributed by atoms with Gasteiger partial charge in [0.25, 0.3) is 0 Å². The fourth-order valence-corrected chi connectivity index (χ4v) is 4.91. The number of anilines is 1. The highest BCUT2D eigenvalue weighted by Gasteiger charge is 2.20. The highest BCUT2D eigenvalue weighted by molar-refractivity contribution is 6.35. The van der Waals surface area contributed by atoms with Crippen molar-refractivity contribution in [2.45, 2.75) is 46.3 Å². The molecule has 3 aromatic carbocycles. The minimum atomic E-state index is -1.13. The maximum atomic E-state index is 15.1. The average molecular weight is 541 g/mol. The Kier molecular flexibility index (Phi) is 7.10. The minimum absolute atomic E-state index is 0.289. The summed E-state index contributed by atoms with van der Waals surface area (Å²) < 4.78 is 15.1. The molecule has 5 rings (SSSR count). The van der Waals surface area contributed by atoms with Gasteiger partial charge in [0.1, 0.15) is 11.4 Å². The average Bonchev–Trinajstić information content (AvgIpc) is 2.91. The number of aliphatic hydroxyl groups is 1. The van der Waals surface area contributed by atoms with E-state index in [0.717, 1.165) is 38.7 Å². The van der Waals surface area contributed by atoms with Gasteiger partial charge in [-0.05, 0) is 81.1 Å². The molecule has 0 fully saturated rings. The van der Waals surface area contributed by atoms with Crippen LogP contribution in [0.2, 0.25) is 5.02 Å². The monoisotopic (exact) mass is 540 g/mol. The molecule has 5 aromatic rings. The van der Waals surface area contributed by atoms with Crippen molar-refractivity contribution in [1.82, 2.24) is 15.0 Å². The first-order valence-electron chi connectivity index (χ1n) is 12.8. The Morgan fingerprint density at radius 3 is 2.31 bits per heavy atom. The molecule has 0 aliphatic carbocycles. The van der Waals surface area contributed by atoms with Crippen LogP contribution in [0.15, 0.2) is 73.1 Å². The highest BCUT2D eigenvalue weighted by Crippen LogP contribution is 2.38. The maximum Gasteiger partial charge on any atom is 0.159 e. The van der Waals surface area contributed by atoms with Gasteiger partial charge in [0, 0.05) is 28.9 Å². The lowest BCUT2D eigenvalue weighted by molar-refractivity contribution is 0.0687. The quantitative estimate of drug-likeness (QED) is 0.227. The molecule has 2 aromatic heterocycles. The van der Waals surface area contributed by atoms with Crippen LogP contribution in [0, 0.1) is 19.7 Å².